The van der Waals surface area contributed by atoms with E-state index in [4.69, 9.17) is 9.84 Å². The van der Waals surface area contributed by atoms with Gasteiger partial charge in [-0.05, 0) is 31.9 Å². The Labute approximate surface area is 96.1 Å². The monoisotopic (exact) mass is 222 g/mol. The number of ether oxygens (including phenoxy) is 1. The van der Waals surface area contributed by atoms with E-state index in [0.717, 1.165) is 16.7 Å². The molecule has 3 heteroatoms. The molecule has 0 aliphatic rings. The van der Waals surface area contributed by atoms with Gasteiger partial charge in [-0.15, -0.1) is 0 Å². The summed E-state index contributed by atoms with van der Waals surface area (Å²) in [7, 11) is 0. The number of aryl methyl sites for hydroxylation is 3. The standard InChI is InChI=1S/C13H18O3/c1-9-7-10(2)12(11(3)8-9)13(15)16-6-4-5-14/h7-8,14H,4-6H2,1-3H3. The number of hydrogen-bond donors (Lipinski definition) is 1. The van der Waals surface area contributed by atoms with E-state index in [1.54, 1.807) is 0 Å². The van der Waals surface area contributed by atoms with Gasteiger partial charge < -0.3 is 9.84 Å². The first-order chi connectivity index (χ1) is 7.56. The van der Waals surface area contributed by atoms with Crippen LogP contribution in [0.4, 0.5) is 0 Å². The van der Waals surface area contributed by atoms with Crippen LogP contribution in [0.15, 0.2) is 12.1 Å². The Morgan fingerprint density at radius 3 is 2.31 bits per heavy atom. The van der Waals surface area contributed by atoms with Crippen molar-refractivity contribution in [3.8, 4) is 0 Å². The molecule has 0 saturated heterocycles. The normalized spacial score (nSPS) is 10.2. The highest BCUT2D eigenvalue weighted by Gasteiger charge is 2.13. The molecular formula is C13H18O3. The van der Waals surface area contributed by atoms with Gasteiger partial charge in [0.25, 0.3) is 0 Å². The van der Waals surface area contributed by atoms with Gasteiger partial charge >= 0.3 is 5.97 Å². The Kier molecular flexibility index (Phi) is 4.50. The second-order valence-corrected chi connectivity index (χ2v) is 3.99. The van der Waals surface area contributed by atoms with Crippen LogP contribution in [0, 0.1) is 20.8 Å². The number of esters is 1. The van der Waals surface area contributed by atoms with Crippen molar-refractivity contribution in [1.82, 2.24) is 0 Å². The number of carbonyl (C=O) groups is 1. The number of aliphatic hydroxyl groups excluding tert-OH is 1. The molecule has 3 nitrogen and oxygen atoms in total. The van der Waals surface area contributed by atoms with E-state index in [1.165, 1.54) is 0 Å². The average Bonchev–Trinajstić information content (AvgIpc) is 2.16. The summed E-state index contributed by atoms with van der Waals surface area (Å²) in [6.07, 6.45) is 0.482. The van der Waals surface area contributed by atoms with Crippen LogP contribution in [0.1, 0.15) is 33.5 Å². The number of aliphatic hydroxyl groups is 1. The highest BCUT2D eigenvalue weighted by Crippen LogP contribution is 2.17. The van der Waals surface area contributed by atoms with Crippen molar-refractivity contribution in [3.05, 3.63) is 34.4 Å². The minimum atomic E-state index is -0.302. The molecule has 1 N–H and O–H groups in total. The van der Waals surface area contributed by atoms with E-state index in [0.29, 0.717) is 12.0 Å². The van der Waals surface area contributed by atoms with Gasteiger partial charge in [0.1, 0.15) is 0 Å². The van der Waals surface area contributed by atoms with Gasteiger partial charge in [-0.25, -0.2) is 4.79 Å². The number of hydrogen-bond acceptors (Lipinski definition) is 3. The fraction of sp³-hybridized carbons (Fsp3) is 0.462. The van der Waals surface area contributed by atoms with Gasteiger partial charge in [0, 0.05) is 13.0 Å². The molecule has 0 heterocycles. The van der Waals surface area contributed by atoms with E-state index >= 15 is 0 Å². The third-order valence-electron chi connectivity index (χ3n) is 2.42. The molecule has 0 atom stereocenters. The summed E-state index contributed by atoms with van der Waals surface area (Å²) >= 11 is 0. The molecule has 0 fully saturated rings. The molecule has 0 aliphatic carbocycles. The quantitative estimate of drug-likeness (QED) is 0.627. The fourth-order valence-corrected chi connectivity index (χ4v) is 1.80. The van der Waals surface area contributed by atoms with Crippen LogP contribution in [0.2, 0.25) is 0 Å². The molecule has 0 unspecified atom stereocenters. The summed E-state index contributed by atoms with van der Waals surface area (Å²) in [5, 5.41) is 8.60. The second-order valence-electron chi connectivity index (χ2n) is 3.99. The van der Waals surface area contributed by atoms with Crippen molar-refractivity contribution in [1.29, 1.82) is 0 Å². The van der Waals surface area contributed by atoms with E-state index < -0.39 is 0 Å². The van der Waals surface area contributed by atoms with Crippen LogP contribution in [-0.4, -0.2) is 24.3 Å². The lowest BCUT2D eigenvalue weighted by Crippen LogP contribution is -2.11. The SMILES string of the molecule is Cc1cc(C)c(C(=O)OCCCO)c(C)c1. The Balaban J connectivity index is 2.83. The van der Waals surface area contributed by atoms with Gasteiger partial charge in [-0.3, -0.25) is 0 Å². The van der Waals surface area contributed by atoms with Crippen LogP contribution >= 0.6 is 0 Å². The Hall–Kier alpha value is -1.35. The molecule has 0 saturated carbocycles. The predicted molar refractivity (Wildman–Crippen MR) is 62.6 cm³/mol. The second kappa shape index (κ2) is 5.66. The van der Waals surface area contributed by atoms with Crippen LogP contribution in [0.5, 0.6) is 0 Å². The third-order valence-corrected chi connectivity index (χ3v) is 2.42. The lowest BCUT2D eigenvalue weighted by Gasteiger charge is -2.10. The molecule has 0 aliphatic heterocycles. The molecule has 0 bridgehead atoms. The van der Waals surface area contributed by atoms with Crippen LogP contribution in [0.25, 0.3) is 0 Å². The van der Waals surface area contributed by atoms with Crippen molar-refractivity contribution in [2.75, 3.05) is 13.2 Å². The number of carbonyl (C=O) groups excluding carboxylic acids is 1. The first-order valence-electron chi connectivity index (χ1n) is 5.42. The summed E-state index contributed by atoms with van der Waals surface area (Å²) < 4.78 is 5.07. The number of benzene rings is 1. The van der Waals surface area contributed by atoms with Crippen molar-refractivity contribution < 1.29 is 14.6 Å². The van der Waals surface area contributed by atoms with Gasteiger partial charge in [-0.2, -0.15) is 0 Å². The number of rotatable bonds is 4. The van der Waals surface area contributed by atoms with Crippen LogP contribution < -0.4 is 0 Å². The van der Waals surface area contributed by atoms with Gasteiger partial charge in [0.15, 0.2) is 0 Å². The van der Waals surface area contributed by atoms with Gasteiger partial charge in [-0.1, -0.05) is 17.7 Å². The molecule has 1 rings (SSSR count). The molecule has 88 valence electrons. The highest BCUT2D eigenvalue weighted by atomic mass is 16.5. The van der Waals surface area contributed by atoms with Crippen molar-refractivity contribution >= 4 is 5.97 Å². The zero-order chi connectivity index (χ0) is 12.1. The molecule has 16 heavy (non-hydrogen) atoms. The van der Waals surface area contributed by atoms with Crippen LogP contribution in [-0.2, 0) is 4.74 Å². The van der Waals surface area contributed by atoms with Crippen molar-refractivity contribution in [2.45, 2.75) is 27.2 Å². The van der Waals surface area contributed by atoms with E-state index in [-0.39, 0.29) is 19.2 Å². The first kappa shape index (κ1) is 12.7. The third kappa shape index (κ3) is 3.07. The molecule has 0 spiro atoms. The smallest absolute Gasteiger partial charge is 0.338 e. The molecule has 1 aromatic rings. The molecular weight excluding hydrogens is 204 g/mol. The maximum atomic E-state index is 11.8. The molecule has 0 aromatic heterocycles. The predicted octanol–water partition coefficient (Wildman–Crippen LogP) is 2.15. The van der Waals surface area contributed by atoms with Crippen molar-refractivity contribution in [3.63, 3.8) is 0 Å². The summed E-state index contributed by atoms with van der Waals surface area (Å²) in [6.45, 7) is 6.12. The van der Waals surface area contributed by atoms with Gasteiger partial charge in [0.2, 0.25) is 0 Å². The molecule has 0 amide bonds. The minimum Gasteiger partial charge on any atom is -0.462 e. The van der Waals surface area contributed by atoms with E-state index in [1.807, 2.05) is 32.9 Å². The Morgan fingerprint density at radius 1 is 1.25 bits per heavy atom. The average molecular weight is 222 g/mol. The minimum absolute atomic E-state index is 0.0408. The summed E-state index contributed by atoms with van der Waals surface area (Å²) in [5.41, 5.74) is 3.66. The fourth-order valence-electron chi connectivity index (χ4n) is 1.80. The maximum Gasteiger partial charge on any atom is 0.338 e. The van der Waals surface area contributed by atoms with Crippen molar-refractivity contribution in [2.24, 2.45) is 0 Å². The van der Waals surface area contributed by atoms with Gasteiger partial charge in [0.05, 0.1) is 12.2 Å². The zero-order valence-electron chi connectivity index (χ0n) is 10.0. The van der Waals surface area contributed by atoms with Crippen LogP contribution in [0.3, 0.4) is 0 Å². The molecule has 1 aromatic carbocycles. The lowest BCUT2D eigenvalue weighted by atomic mass is 10.00. The summed E-state index contributed by atoms with van der Waals surface area (Å²) in [5.74, 6) is -0.302. The Bertz CT molecular complexity index is 360. The summed E-state index contributed by atoms with van der Waals surface area (Å²) in [6, 6.07) is 3.94. The zero-order valence-corrected chi connectivity index (χ0v) is 10.0. The Morgan fingerprint density at radius 2 is 1.81 bits per heavy atom. The van der Waals surface area contributed by atoms with E-state index in [2.05, 4.69) is 0 Å². The largest absolute Gasteiger partial charge is 0.462 e. The lowest BCUT2D eigenvalue weighted by molar-refractivity contribution is 0.0480. The van der Waals surface area contributed by atoms with E-state index in [9.17, 15) is 4.79 Å². The maximum absolute atomic E-state index is 11.8. The highest BCUT2D eigenvalue weighted by molar-refractivity contribution is 5.92. The first-order valence-corrected chi connectivity index (χ1v) is 5.42. The topological polar surface area (TPSA) is 46.5 Å². The summed E-state index contributed by atoms with van der Waals surface area (Å²) in [4.78, 5) is 11.8. The molecule has 0 radical (unpaired) electrons.